The van der Waals surface area contributed by atoms with Gasteiger partial charge in [0.1, 0.15) is 5.76 Å². The molecule has 1 heterocycles. The number of hydrogen-bond acceptors (Lipinski definition) is 4. The van der Waals surface area contributed by atoms with E-state index in [1.165, 1.54) is 5.56 Å². The molecular weight excluding hydrogens is 467 g/mol. The first-order valence-corrected chi connectivity index (χ1v) is 9.42. The zero-order chi connectivity index (χ0) is 19.5. The number of nitrogens with zero attached hydrogens (tertiary/aromatic N) is 2. The largest absolute Gasteiger partial charge is 0.468 e. The molecule has 7 heteroatoms. The van der Waals surface area contributed by atoms with E-state index in [0.29, 0.717) is 13.2 Å². The quantitative estimate of drug-likeness (QED) is 0.225. The summed E-state index contributed by atoms with van der Waals surface area (Å²) in [5, 5.41) is 6.69. The van der Waals surface area contributed by atoms with Gasteiger partial charge in [0, 0.05) is 26.7 Å². The van der Waals surface area contributed by atoms with Crippen molar-refractivity contribution >= 4 is 29.9 Å². The van der Waals surface area contributed by atoms with Gasteiger partial charge in [0.2, 0.25) is 0 Å². The number of furan rings is 1. The van der Waals surface area contributed by atoms with E-state index >= 15 is 0 Å². The molecule has 6 nitrogen and oxygen atoms in total. The first-order valence-electron chi connectivity index (χ1n) is 9.42. The summed E-state index contributed by atoms with van der Waals surface area (Å²) in [4.78, 5) is 6.41. The lowest BCUT2D eigenvalue weighted by Crippen LogP contribution is -2.42. The van der Waals surface area contributed by atoms with Crippen molar-refractivity contribution in [3.8, 4) is 0 Å². The molecule has 28 heavy (non-hydrogen) atoms. The molecule has 0 aliphatic carbocycles. The van der Waals surface area contributed by atoms with E-state index in [-0.39, 0.29) is 36.1 Å². The number of benzene rings is 1. The van der Waals surface area contributed by atoms with E-state index in [4.69, 9.17) is 9.15 Å². The maximum absolute atomic E-state index is 5.90. The lowest BCUT2D eigenvalue weighted by atomic mass is 10.1. The molecular formula is C21H33IN4O2. The number of hydrogen-bond donors (Lipinski definition) is 2. The van der Waals surface area contributed by atoms with Gasteiger partial charge < -0.3 is 19.8 Å². The standard InChI is InChI=1S/C21H32N4O2.HI/c1-17(18-10-6-5-7-11-18)26-15-9-13-23-21(22-2)24-16-19(25(3)4)20-12-8-14-27-20;/h5-8,10-12,14,17,19H,9,13,15-16H2,1-4H3,(H2,22,23,24);1H. The number of aliphatic imine (C=N–C) groups is 1. The van der Waals surface area contributed by atoms with Crippen LogP contribution < -0.4 is 10.6 Å². The van der Waals surface area contributed by atoms with Crippen LogP contribution in [0.5, 0.6) is 0 Å². The average molecular weight is 500 g/mol. The van der Waals surface area contributed by atoms with Crippen LogP contribution >= 0.6 is 24.0 Å². The lowest BCUT2D eigenvalue weighted by Gasteiger charge is -2.23. The van der Waals surface area contributed by atoms with Crippen LogP contribution in [0, 0.1) is 0 Å². The van der Waals surface area contributed by atoms with E-state index in [1.807, 2.05) is 44.4 Å². The van der Waals surface area contributed by atoms with E-state index in [9.17, 15) is 0 Å². The predicted molar refractivity (Wildman–Crippen MR) is 125 cm³/mol. The Kier molecular flexibility index (Phi) is 11.9. The van der Waals surface area contributed by atoms with Crippen molar-refractivity contribution in [2.24, 2.45) is 4.99 Å². The van der Waals surface area contributed by atoms with Gasteiger partial charge in [-0.05, 0) is 45.1 Å². The minimum atomic E-state index is 0. The third-order valence-corrected chi connectivity index (χ3v) is 4.43. The van der Waals surface area contributed by atoms with Gasteiger partial charge in [0.15, 0.2) is 5.96 Å². The smallest absolute Gasteiger partial charge is 0.191 e. The zero-order valence-electron chi connectivity index (χ0n) is 17.2. The molecule has 1 aromatic carbocycles. The van der Waals surface area contributed by atoms with Crippen molar-refractivity contribution in [1.82, 2.24) is 15.5 Å². The normalized spacial score (nSPS) is 13.7. The molecule has 0 aliphatic rings. The summed E-state index contributed by atoms with van der Waals surface area (Å²) in [6.45, 7) is 4.29. The first kappa shape index (κ1) is 24.5. The fourth-order valence-corrected chi connectivity index (χ4v) is 2.79. The maximum Gasteiger partial charge on any atom is 0.191 e. The number of likely N-dealkylation sites (N-methyl/N-ethyl adjacent to an activating group) is 1. The molecule has 0 saturated carbocycles. The lowest BCUT2D eigenvalue weighted by molar-refractivity contribution is 0.0646. The van der Waals surface area contributed by atoms with Crippen LogP contribution in [-0.4, -0.2) is 51.7 Å². The molecule has 0 saturated heterocycles. The molecule has 2 aromatic rings. The van der Waals surface area contributed by atoms with Crippen molar-refractivity contribution in [1.29, 1.82) is 0 Å². The molecule has 2 unspecified atom stereocenters. The second-order valence-electron chi connectivity index (χ2n) is 6.65. The SMILES string of the molecule is CN=C(NCCCOC(C)c1ccccc1)NCC(c1ccco1)N(C)C.I. The molecule has 0 fully saturated rings. The van der Waals surface area contributed by atoms with Crippen LogP contribution in [0.2, 0.25) is 0 Å². The Morgan fingerprint density at radius 3 is 2.50 bits per heavy atom. The summed E-state index contributed by atoms with van der Waals surface area (Å²) < 4.78 is 11.4. The molecule has 0 spiro atoms. The monoisotopic (exact) mass is 500 g/mol. The Morgan fingerprint density at radius 1 is 1.14 bits per heavy atom. The molecule has 1 aromatic heterocycles. The van der Waals surface area contributed by atoms with E-state index in [0.717, 1.165) is 24.7 Å². The Morgan fingerprint density at radius 2 is 1.89 bits per heavy atom. The van der Waals surface area contributed by atoms with Crippen molar-refractivity contribution in [2.45, 2.75) is 25.5 Å². The summed E-state index contributed by atoms with van der Waals surface area (Å²) in [5.74, 6) is 1.72. The minimum absolute atomic E-state index is 0. The van der Waals surface area contributed by atoms with Gasteiger partial charge in [0.05, 0.1) is 18.4 Å². The van der Waals surface area contributed by atoms with Crippen LogP contribution in [0.4, 0.5) is 0 Å². The van der Waals surface area contributed by atoms with Crippen LogP contribution in [0.25, 0.3) is 0 Å². The molecule has 156 valence electrons. The highest BCUT2D eigenvalue weighted by atomic mass is 127. The second kappa shape index (κ2) is 13.6. The van der Waals surface area contributed by atoms with Gasteiger partial charge in [-0.3, -0.25) is 9.89 Å². The van der Waals surface area contributed by atoms with Gasteiger partial charge in [-0.2, -0.15) is 0 Å². The van der Waals surface area contributed by atoms with Crippen LogP contribution in [0.1, 0.15) is 36.8 Å². The van der Waals surface area contributed by atoms with E-state index in [2.05, 4.69) is 39.6 Å². The van der Waals surface area contributed by atoms with Gasteiger partial charge in [0.25, 0.3) is 0 Å². The van der Waals surface area contributed by atoms with E-state index in [1.54, 1.807) is 13.3 Å². The van der Waals surface area contributed by atoms with Crippen LogP contribution in [0.15, 0.2) is 58.1 Å². The second-order valence-corrected chi connectivity index (χ2v) is 6.65. The fourth-order valence-electron chi connectivity index (χ4n) is 2.79. The fraction of sp³-hybridized carbons (Fsp3) is 0.476. The maximum atomic E-state index is 5.90. The molecule has 2 rings (SSSR count). The molecule has 2 N–H and O–H groups in total. The van der Waals surface area contributed by atoms with Crippen molar-refractivity contribution < 1.29 is 9.15 Å². The Hall–Kier alpha value is -1.58. The van der Waals surface area contributed by atoms with Crippen molar-refractivity contribution in [3.05, 3.63) is 60.1 Å². The zero-order valence-corrected chi connectivity index (χ0v) is 19.6. The Bertz CT molecular complexity index is 662. The minimum Gasteiger partial charge on any atom is -0.468 e. The summed E-state index contributed by atoms with van der Waals surface area (Å²) in [5.41, 5.74) is 1.20. The summed E-state index contributed by atoms with van der Waals surface area (Å²) in [7, 11) is 5.85. The number of halogens is 1. The Balaban J connectivity index is 0.00000392. The number of rotatable bonds is 10. The topological polar surface area (TPSA) is 62.0 Å². The Labute approximate surface area is 185 Å². The predicted octanol–water partition coefficient (Wildman–Crippen LogP) is 3.83. The van der Waals surface area contributed by atoms with Crippen molar-refractivity contribution in [2.75, 3.05) is 40.8 Å². The molecule has 0 bridgehead atoms. The van der Waals surface area contributed by atoms with Gasteiger partial charge in [-0.15, -0.1) is 24.0 Å². The van der Waals surface area contributed by atoms with Crippen molar-refractivity contribution in [3.63, 3.8) is 0 Å². The molecule has 0 aliphatic heterocycles. The van der Waals surface area contributed by atoms with Gasteiger partial charge in [-0.1, -0.05) is 30.3 Å². The van der Waals surface area contributed by atoms with Crippen LogP contribution in [0.3, 0.4) is 0 Å². The van der Waals surface area contributed by atoms with Gasteiger partial charge >= 0.3 is 0 Å². The summed E-state index contributed by atoms with van der Waals surface area (Å²) in [6.07, 6.45) is 2.72. The number of guanidine groups is 1. The average Bonchev–Trinajstić information content (AvgIpc) is 3.21. The highest BCUT2D eigenvalue weighted by Gasteiger charge is 2.17. The number of ether oxygens (including phenoxy) is 1. The molecule has 0 amide bonds. The first-order chi connectivity index (χ1) is 13.1. The number of nitrogens with one attached hydrogen (secondary N) is 2. The highest BCUT2D eigenvalue weighted by Crippen LogP contribution is 2.17. The third-order valence-electron chi connectivity index (χ3n) is 4.43. The highest BCUT2D eigenvalue weighted by molar-refractivity contribution is 14.0. The van der Waals surface area contributed by atoms with E-state index < -0.39 is 0 Å². The van der Waals surface area contributed by atoms with Crippen LogP contribution in [-0.2, 0) is 4.74 Å². The summed E-state index contributed by atoms with van der Waals surface area (Å²) >= 11 is 0. The molecule has 0 radical (unpaired) electrons. The van der Waals surface area contributed by atoms with Gasteiger partial charge in [-0.25, -0.2) is 0 Å². The third kappa shape index (κ3) is 8.20. The molecule has 2 atom stereocenters. The summed E-state index contributed by atoms with van der Waals surface area (Å²) in [6, 6.07) is 14.3.